The first kappa shape index (κ1) is 14.4. The molecule has 0 saturated heterocycles. The molecule has 3 heteroatoms. The Morgan fingerprint density at radius 3 is 2.40 bits per heavy atom. The van der Waals surface area contributed by atoms with Crippen LogP contribution in [-0.2, 0) is 4.79 Å². The number of hydrogen-bond donors (Lipinski definition) is 2. The van der Waals surface area contributed by atoms with Crippen molar-refractivity contribution in [1.29, 1.82) is 0 Å². The summed E-state index contributed by atoms with van der Waals surface area (Å²) >= 11 is 0. The molecule has 2 N–H and O–H groups in total. The van der Waals surface area contributed by atoms with Crippen LogP contribution in [0.5, 0.6) is 0 Å². The Morgan fingerprint density at radius 2 is 1.87 bits per heavy atom. The van der Waals surface area contributed by atoms with Crippen LogP contribution in [0.15, 0.2) is 0 Å². The van der Waals surface area contributed by atoms with E-state index in [9.17, 15) is 4.79 Å². The smallest absolute Gasteiger partial charge is 0.220 e. The van der Waals surface area contributed by atoms with E-state index in [2.05, 4.69) is 19.2 Å². The van der Waals surface area contributed by atoms with Crippen molar-refractivity contribution in [3.05, 3.63) is 0 Å². The lowest BCUT2D eigenvalue weighted by Crippen LogP contribution is -2.34. The summed E-state index contributed by atoms with van der Waals surface area (Å²) in [6.45, 7) is 6.25. The van der Waals surface area contributed by atoms with Gasteiger partial charge in [-0.3, -0.25) is 4.79 Å². The van der Waals surface area contributed by atoms with E-state index >= 15 is 0 Å². The van der Waals surface area contributed by atoms with Gasteiger partial charge in [0.05, 0.1) is 6.61 Å². The molecule has 1 unspecified atom stereocenters. The lowest BCUT2D eigenvalue weighted by molar-refractivity contribution is -0.122. The summed E-state index contributed by atoms with van der Waals surface area (Å²) in [4.78, 5) is 11.3. The van der Waals surface area contributed by atoms with Crippen LogP contribution >= 0.6 is 0 Å². The molecule has 0 heterocycles. The molecule has 0 aliphatic carbocycles. The number of carbonyl (C=O) groups is 1. The molecule has 0 bridgehead atoms. The molecule has 0 rings (SSSR count). The number of aliphatic hydroxyl groups excluding tert-OH is 1. The van der Waals surface area contributed by atoms with Gasteiger partial charge < -0.3 is 10.4 Å². The van der Waals surface area contributed by atoms with Crippen molar-refractivity contribution in [3.8, 4) is 0 Å². The van der Waals surface area contributed by atoms with E-state index in [0.29, 0.717) is 6.42 Å². The number of amides is 1. The van der Waals surface area contributed by atoms with Crippen molar-refractivity contribution in [2.45, 2.75) is 58.9 Å². The van der Waals surface area contributed by atoms with Gasteiger partial charge in [-0.15, -0.1) is 0 Å². The van der Waals surface area contributed by atoms with Crippen molar-refractivity contribution < 1.29 is 9.90 Å². The van der Waals surface area contributed by atoms with Crippen molar-refractivity contribution in [3.63, 3.8) is 0 Å². The third-order valence-corrected chi connectivity index (χ3v) is 2.37. The highest BCUT2D eigenvalue weighted by atomic mass is 16.3. The van der Waals surface area contributed by atoms with Gasteiger partial charge in [-0.05, 0) is 19.3 Å². The molecule has 0 aromatic carbocycles. The van der Waals surface area contributed by atoms with Crippen molar-refractivity contribution in [2.24, 2.45) is 5.92 Å². The number of carbonyl (C=O) groups excluding carboxylic acids is 1. The highest BCUT2D eigenvalue weighted by Crippen LogP contribution is 2.09. The summed E-state index contributed by atoms with van der Waals surface area (Å²) < 4.78 is 0. The molecule has 0 spiro atoms. The van der Waals surface area contributed by atoms with Gasteiger partial charge in [0, 0.05) is 12.5 Å². The number of rotatable bonds is 8. The van der Waals surface area contributed by atoms with E-state index < -0.39 is 0 Å². The van der Waals surface area contributed by atoms with E-state index in [1.54, 1.807) is 6.92 Å². The van der Waals surface area contributed by atoms with E-state index in [1.165, 1.54) is 12.8 Å². The Labute approximate surface area is 93.3 Å². The van der Waals surface area contributed by atoms with Gasteiger partial charge >= 0.3 is 0 Å². The zero-order chi connectivity index (χ0) is 11.7. The quantitative estimate of drug-likeness (QED) is 0.609. The number of unbranched alkanes of at least 4 members (excludes halogenated alkanes) is 2. The molecule has 90 valence electrons. The largest absolute Gasteiger partial charge is 0.394 e. The highest BCUT2D eigenvalue weighted by Gasteiger charge is 2.05. The third-order valence-electron chi connectivity index (χ3n) is 2.37. The minimum Gasteiger partial charge on any atom is -0.394 e. The van der Waals surface area contributed by atoms with E-state index in [4.69, 9.17) is 5.11 Å². The zero-order valence-electron chi connectivity index (χ0n) is 10.3. The Hall–Kier alpha value is -0.570. The normalized spacial score (nSPS) is 12.9. The van der Waals surface area contributed by atoms with Crippen LogP contribution in [0, 0.1) is 5.92 Å². The van der Waals surface area contributed by atoms with Crippen LogP contribution in [0.2, 0.25) is 0 Å². The minimum atomic E-state index is -0.117. The number of hydrogen-bond acceptors (Lipinski definition) is 2. The standard InChI is InChI=1S/C12H25NO2/c1-10(2)7-5-4-6-8-12(15)13-11(3)9-14/h10-11,14H,4-9H2,1-3H3,(H,13,15). The van der Waals surface area contributed by atoms with E-state index in [1.807, 2.05) is 0 Å². The average Bonchev–Trinajstić information content (AvgIpc) is 2.16. The predicted molar refractivity (Wildman–Crippen MR) is 62.6 cm³/mol. The molecule has 1 atom stereocenters. The van der Waals surface area contributed by atoms with Crippen molar-refractivity contribution in [2.75, 3.05) is 6.61 Å². The zero-order valence-corrected chi connectivity index (χ0v) is 10.3. The van der Waals surface area contributed by atoms with Crippen molar-refractivity contribution >= 4 is 5.91 Å². The van der Waals surface area contributed by atoms with Gasteiger partial charge in [0.15, 0.2) is 0 Å². The molecule has 15 heavy (non-hydrogen) atoms. The summed E-state index contributed by atoms with van der Waals surface area (Å²) in [5, 5.41) is 11.5. The second-order valence-electron chi connectivity index (χ2n) is 4.64. The summed E-state index contributed by atoms with van der Waals surface area (Å²) in [6.07, 6.45) is 5.12. The molecule has 3 nitrogen and oxygen atoms in total. The second-order valence-corrected chi connectivity index (χ2v) is 4.64. The van der Waals surface area contributed by atoms with E-state index in [-0.39, 0.29) is 18.6 Å². The molecule has 0 aliphatic rings. The maximum absolute atomic E-state index is 11.3. The van der Waals surface area contributed by atoms with Gasteiger partial charge in [0.25, 0.3) is 0 Å². The van der Waals surface area contributed by atoms with Crippen LogP contribution in [0.1, 0.15) is 52.9 Å². The van der Waals surface area contributed by atoms with Gasteiger partial charge in [0.2, 0.25) is 5.91 Å². The van der Waals surface area contributed by atoms with Crippen LogP contribution in [-0.4, -0.2) is 23.7 Å². The summed E-state index contributed by atoms with van der Waals surface area (Å²) in [6, 6.07) is -0.117. The summed E-state index contributed by atoms with van der Waals surface area (Å²) in [7, 11) is 0. The van der Waals surface area contributed by atoms with Crippen LogP contribution in [0.4, 0.5) is 0 Å². The maximum Gasteiger partial charge on any atom is 0.220 e. The van der Waals surface area contributed by atoms with Gasteiger partial charge in [0.1, 0.15) is 0 Å². The molecular weight excluding hydrogens is 190 g/mol. The lowest BCUT2D eigenvalue weighted by Gasteiger charge is -2.10. The fraction of sp³-hybridized carbons (Fsp3) is 0.917. The molecule has 0 aromatic heterocycles. The third kappa shape index (κ3) is 9.73. The predicted octanol–water partition coefficient (Wildman–Crippen LogP) is 2.09. The summed E-state index contributed by atoms with van der Waals surface area (Å²) in [5.74, 6) is 0.814. The Balaban J connectivity index is 3.31. The fourth-order valence-corrected chi connectivity index (χ4v) is 1.41. The molecule has 0 aromatic rings. The summed E-state index contributed by atoms with van der Waals surface area (Å²) in [5.41, 5.74) is 0. The number of nitrogens with one attached hydrogen (secondary N) is 1. The Bertz CT molecular complexity index is 169. The monoisotopic (exact) mass is 215 g/mol. The minimum absolute atomic E-state index is 0.0130. The lowest BCUT2D eigenvalue weighted by atomic mass is 10.0. The van der Waals surface area contributed by atoms with Gasteiger partial charge in [-0.1, -0.05) is 33.1 Å². The van der Waals surface area contributed by atoms with Crippen LogP contribution in [0.25, 0.3) is 0 Å². The molecular formula is C12H25NO2. The topological polar surface area (TPSA) is 49.3 Å². The fourth-order valence-electron chi connectivity index (χ4n) is 1.41. The van der Waals surface area contributed by atoms with Crippen LogP contribution < -0.4 is 5.32 Å². The number of aliphatic hydroxyl groups is 1. The molecule has 0 radical (unpaired) electrons. The SMILES string of the molecule is CC(C)CCCCCC(=O)NC(C)CO. The first-order valence-corrected chi connectivity index (χ1v) is 5.96. The molecule has 1 amide bonds. The average molecular weight is 215 g/mol. The van der Waals surface area contributed by atoms with Gasteiger partial charge in [-0.25, -0.2) is 0 Å². The highest BCUT2D eigenvalue weighted by molar-refractivity contribution is 5.76. The first-order chi connectivity index (χ1) is 7.06. The van der Waals surface area contributed by atoms with Gasteiger partial charge in [-0.2, -0.15) is 0 Å². The van der Waals surface area contributed by atoms with Crippen molar-refractivity contribution in [1.82, 2.24) is 5.32 Å². The van der Waals surface area contributed by atoms with E-state index in [0.717, 1.165) is 18.8 Å². The Kier molecular flexibility index (Phi) is 8.38. The first-order valence-electron chi connectivity index (χ1n) is 5.96. The molecule has 0 fully saturated rings. The van der Waals surface area contributed by atoms with Crippen LogP contribution in [0.3, 0.4) is 0 Å². The maximum atomic E-state index is 11.3. The Morgan fingerprint density at radius 1 is 1.20 bits per heavy atom. The second kappa shape index (κ2) is 8.72. The molecule has 0 aliphatic heterocycles. The molecule has 0 saturated carbocycles.